The number of fused-ring (bicyclic) bond motifs is 14. The van der Waals surface area contributed by atoms with Gasteiger partial charge < -0.3 is 4.57 Å². The molecule has 14 rings (SSSR count). The van der Waals surface area contributed by atoms with Crippen LogP contribution in [0.1, 0.15) is 22.3 Å². The highest BCUT2D eigenvalue weighted by molar-refractivity contribution is 6.16. The zero-order valence-corrected chi connectivity index (χ0v) is 36.9. The molecule has 0 amide bonds. The van der Waals surface area contributed by atoms with Crippen molar-refractivity contribution < 1.29 is 0 Å². The summed E-state index contributed by atoms with van der Waals surface area (Å²) >= 11 is 0. The molecule has 0 atom stereocenters. The zero-order chi connectivity index (χ0) is 44.8. The summed E-state index contributed by atoms with van der Waals surface area (Å²) < 4.78 is 2.48. The molecule has 2 heterocycles. The normalized spacial score (nSPS) is 12.8. The first-order chi connectivity index (χ1) is 33.7. The lowest BCUT2D eigenvalue weighted by Crippen LogP contribution is -2.25. The Balaban J connectivity index is 0.983. The van der Waals surface area contributed by atoms with Gasteiger partial charge in [-0.3, -0.25) is 0 Å². The SMILES string of the molecule is c1ccc(-c2ccc(-c3nc(-c4cccc(-c5ccccc5)c4)nc(-c4cccc(-n5c6ccccc6c6ccc7c(c65)-c5ccccc5C75c6ccccc6-c6ccccc65)c4)n3)cc2)cc1. The Morgan fingerprint density at radius 3 is 1.44 bits per heavy atom. The molecule has 1 spiro atoms. The van der Waals surface area contributed by atoms with Crippen molar-refractivity contribution in [1.29, 1.82) is 0 Å². The van der Waals surface area contributed by atoms with Crippen molar-refractivity contribution in [3.8, 4) is 84.4 Å². The van der Waals surface area contributed by atoms with Crippen molar-refractivity contribution in [3.63, 3.8) is 0 Å². The zero-order valence-electron chi connectivity index (χ0n) is 36.9. The fourth-order valence-corrected chi connectivity index (χ4v) is 11.4. The van der Waals surface area contributed by atoms with Crippen molar-refractivity contribution in [3.05, 3.63) is 265 Å². The minimum absolute atomic E-state index is 0.453. The number of aromatic nitrogens is 4. The minimum atomic E-state index is -0.453. The average molecular weight is 865 g/mol. The Labute approximate surface area is 394 Å². The molecule has 2 aliphatic carbocycles. The van der Waals surface area contributed by atoms with E-state index in [0.29, 0.717) is 17.5 Å². The molecule has 0 saturated heterocycles. The Hall–Kier alpha value is -8.99. The van der Waals surface area contributed by atoms with Crippen molar-refractivity contribution in [2.75, 3.05) is 0 Å². The van der Waals surface area contributed by atoms with Crippen LogP contribution in [0, 0.1) is 0 Å². The number of hydrogen-bond acceptors (Lipinski definition) is 3. The summed E-state index contributed by atoms with van der Waals surface area (Å²) in [4.78, 5) is 15.8. The number of para-hydroxylation sites is 1. The van der Waals surface area contributed by atoms with Gasteiger partial charge in [0.25, 0.3) is 0 Å². The van der Waals surface area contributed by atoms with Crippen molar-refractivity contribution in [2.45, 2.75) is 5.41 Å². The summed E-state index contributed by atoms with van der Waals surface area (Å²) in [6.45, 7) is 0. The lowest BCUT2D eigenvalue weighted by atomic mass is 9.70. The highest BCUT2D eigenvalue weighted by atomic mass is 15.0. The lowest BCUT2D eigenvalue weighted by molar-refractivity contribution is 0.794. The van der Waals surface area contributed by atoms with E-state index in [2.05, 4.69) is 235 Å². The number of rotatable bonds is 6. The van der Waals surface area contributed by atoms with E-state index in [1.54, 1.807) is 0 Å². The molecular weight excluding hydrogens is 825 g/mol. The minimum Gasteiger partial charge on any atom is -0.309 e. The predicted molar refractivity (Wildman–Crippen MR) is 278 cm³/mol. The van der Waals surface area contributed by atoms with Gasteiger partial charge in [0.15, 0.2) is 17.5 Å². The van der Waals surface area contributed by atoms with Gasteiger partial charge >= 0.3 is 0 Å². The van der Waals surface area contributed by atoms with Gasteiger partial charge in [-0.1, -0.05) is 218 Å². The molecule has 0 saturated carbocycles. The lowest BCUT2D eigenvalue weighted by Gasteiger charge is -2.30. The van der Waals surface area contributed by atoms with Gasteiger partial charge in [-0.2, -0.15) is 0 Å². The summed E-state index contributed by atoms with van der Waals surface area (Å²) in [5.74, 6) is 1.85. The molecule has 0 bridgehead atoms. The van der Waals surface area contributed by atoms with Crippen LogP contribution in [0.25, 0.3) is 106 Å². The van der Waals surface area contributed by atoms with Gasteiger partial charge in [0, 0.05) is 38.7 Å². The number of hydrogen-bond donors (Lipinski definition) is 0. The second-order valence-electron chi connectivity index (χ2n) is 17.9. The highest BCUT2D eigenvalue weighted by Crippen LogP contribution is 2.64. The van der Waals surface area contributed by atoms with Crippen molar-refractivity contribution >= 4 is 21.8 Å². The quantitative estimate of drug-likeness (QED) is 0.167. The topological polar surface area (TPSA) is 43.6 Å². The standard InChI is InChI=1S/C64H40N4/c1-3-17-41(18-4-1)43-33-35-44(36-34-43)61-65-62(46-22-15-21-45(39-46)42-19-5-2-6-20-42)67-63(66-61)47-23-16-24-48(40-47)68-58-32-14-10-27-51(58)52-37-38-57-59(60(52)68)53-28-9-13-31-56(53)64(57)54-29-11-7-25-49(54)50-26-8-12-30-55(50)64/h1-40H. The first-order valence-electron chi connectivity index (χ1n) is 23.3. The molecule has 0 fully saturated rings. The third-order valence-corrected chi connectivity index (χ3v) is 14.3. The Morgan fingerprint density at radius 2 is 0.765 bits per heavy atom. The van der Waals surface area contributed by atoms with Crippen LogP contribution < -0.4 is 0 Å². The molecule has 2 aliphatic rings. The van der Waals surface area contributed by atoms with E-state index < -0.39 is 5.41 Å². The van der Waals surface area contributed by atoms with E-state index in [1.165, 1.54) is 60.8 Å². The number of benzene rings is 10. The van der Waals surface area contributed by atoms with E-state index >= 15 is 0 Å². The van der Waals surface area contributed by atoms with E-state index in [4.69, 9.17) is 15.0 Å². The first kappa shape index (κ1) is 38.3. The Morgan fingerprint density at radius 1 is 0.294 bits per heavy atom. The van der Waals surface area contributed by atoms with Crippen LogP contribution in [-0.2, 0) is 5.41 Å². The summed E-state index contributed by atoms with van der Waals surface area (Å²) in [6.07, 6.45) is 0. The second kappa shape index (κ2) is 15.0. The summed E-state index contributed by atoms with van der Waals surface area (Å²) in [6, 6.07) is 87.4. The summed E-state index contributed by atoms with van der Waals surface area (Å²) in [5, 5.41) is 2.43. The van der Waals surface area contributed by atoms with E-state index in [1.807, 2.05) is 12.1 Å². The van der Waals surface area contributed by atoms with Gasteiger partial charge in [0.2, 0.25) is 0 Å². The maximum atomic E-state index is 5.29. The molecule has 10 aromatic carbocycles. The summed E-state index contributed by atoms with van der Waals surface area (Å²) in [5.41, 5.74) is 20.7. The summed E-state index contributed by atoms with van der Waals surface area (Å²) in [7, 11) is 0. The second-order valence-corrected chi connectivity index (χ2v) is 17.9. The fraction of sp³-hybridized carbons (Fsp3) is 0.0156. The van der Waals surface area contributed by atoms with E-state index in [0.717, 1.165) is 50.1 Å². The predicted octanol–water partition coefficient (Wildman–Crippen LogP) is 15.6. The number of nitrogens with zero attached hydrogens (tertiary/aromatic N) is 4. The first-order valence-corrected chi connectivity index (χ1v) is 23.3. The van der Waals surface area contributed by atoms with Crippen molar-refractivity contribution in [1.82, 2.24) is 19.5 Å². The fourth-order valence-electron chi connectivity index (χ4n) is 11.4. The van der Waals surface area contributed by atoms with Gasteiger partial charge in [0.1, 0.15) is 0 Å². The molecule has 0 unspecified atom stereocenters. The largest absolute Gasteiger partial charge is 0.309 e. The molecule has 0 N–H and O–H groups in total. The van der Waals surface area contributed by atoms with Gasteiger partial charge in [0.05, 0.1) is 16.4 Å². The van der Waals surface area contributed by atoms with Crippen LogP contribution in [0.15, 0.2) is 243 Å². The highest BCUT2D eigenvalue weighted by Gasteiger charge is 2.52. The molecule has 4 heteroatoms. The molecule has 68 heavy (non-hydrogen) atoms. The Bertz CT molecular complexity index is 3920. The van der Waals surface area contributed by atoms with Crippen molar-refractivity contribution in [2.24, 2.45) is 0 Å². The van der Waals surface area contributed by atoms with Gasteiger partial charge in [-0.15, -0.1) is 0 Å². The molecule has 0 radical (unpaired) electrons. The van der Waals surface area contributed by atoms with Gasteiger partial charge in [-0.25, -0.2) is 15.0 Å². The third kappa shape index (κ3) is 5.64. The van der Waals surface area contributed by atoms with E-state index in [-0.39, 0.29) is 0 Å². The average Bonchev–Trinajstić information content (AvgIpc) is 4.03. The maximum absolute atomic E-state index is 5.29. The van der Waals surface area contributed by atoms with Crippen LogP contribution in [0.4, 0.5) is 0 Å². The smallest absolute Gasteiger partial charge is 0.164 e. The Kier molecular flexibility index (Phi) is 8.46. The van der Waals surface area contributed by atoms with Crippen LogP contribution in [-0.4, -0.2) is 19.5 Å². The van der Waals surface area contributed by atoms with Crippen LogP contribution in [0.5, 0.6) is 0 Å². The molecular formula is C64H40N4. The monoisotopic (exact) mass is 864 g/mol. The molecule has 4 nitrogen and oxygen atoms in total. The van der Waals surface area contributed by atoms with E-state index in [9.17, 15) is 0 Å². The molecule has 2 aromatic heterocycles. The van der Waals surface area contributed by atoms with Crippen LogP contribution >= 0.6 is 0 Å². The third-order valence-electron chi connectivity index (χ3n) is 14.3. The molecule has 0 aliphatic heterocycles. The molecule has 316 valence electrons. The molecule has 12 aromatic rings. The van der Waals surface area contributed by atoms with Crippen LogP contribution in [0.3, 0.4) is 0 Å². The van der Waals surface area contributed by atoms with Gasteiger partial charge in [-0.05, 0) is 85.5 Å². The van der Waals surface area contributed by atoms with Crippen LogP contribution in [0.2, 0.25) is 0 Å². The maximum Gasteiger partial charge on any atom is 0.164 e.